The predicted octanol–water partition coefficient (Wildman–Crippen LogP) is 2.83. The minimum atomic E-state index is -3.81. The number of benzene rings is 2. The molecule has 0 fully saturated rings. The van der Waals surface area contributed by atoms with Crippen molar-refractivity contribution in [1.82, 2.24) is 4.98 Å². The van der Waals surface area contributed by atoms with Gasteiger partial charge in [0, 0.05) is 11.4 Å². The third kappa shape index (κ3) is 4.91. The van der Waals surface area contributed by atoms with Gasteiger partial charge in [0.25, 0.3) is 0 Å². The third-order valence-electron chi connectivity index (χ3n) is 3.96. The van der Waals surface area contributed by atoms with Crippen LogP contribution < -0.4 is 14.6 Å². The second-order valence-corrected chi connectivity index (χ2v) is 8.28. The molecule has 8 nitrogen and oxygen atoms in total. The normalized spacial score (nSPS) is 11.1. The van der Waals surface area contributed by atoms with Gasteiger partial charge < -0.3 is 14.2 Å². The average molecular weight is 434 g/mol. The number of primary sulfonamides is 1. The van der Waals surface area contributed by atoms with E-state index in [0.717, 1.165) is 5.56 Å². The van der Waals surface area contributed by atoms with Crippen molar-refractivity contribution in [3.63, 3.8) is 0 Å². The van der Waals surface area contributed by atoms with Crippen LogP contribution in [0.1, 0.15) is 16.1 Å². The summed E-state index contributed by atoms with van der Waals surface area (Å²) in [6, 6.07) is 10.6. The van der Waals surface area contributed by atoms with Gasteiger partial charge in [-0.15, -0.1) is 11.3 Å². The van der Waals surface area contributed by atoms with E-state index >= 15 is 0 Å². The van der Waals surface area contributed by atoms with E-state index < -0.39 is 16.0 Å². The largest absolute Gasteiger partial charge is 0.497 e. The molecule has 2 aromatic carbocycles. The Bertz CT molecular complexity index is 1120. The van der Waals surface area contributed by atoms with Crippen LogP contribution in [0.2, 0.25) is 0 Å². The molecule has 0 saturated heterocycles. The number of ether oxygens (including phenoxy) is 3. The third-order valence-corrected chi connectivity index (χ3v) is 5.81. The lowest BCUT2D eigenvalue weighted by Crippen LogP contribution is -2.12. The number of sulfonamides is 1. The van der Waals surface area contributed by atoms with Crippen molar-refractivity contribution >= 4 is 27.3 Å². The number of aromatic nitrogens is 1. The molecule has 2 N–H and O–H groups in total. The maximum Gasteiger partial charge on any atom is 0.338 e. The number of methoxy groups -OCH3 is 2. The van der Waals surface area contributed by atoms with E-state index in [4.69, 9.17) is 19.3 Å². The summed E-state index contributed by atoms with van der Waals surface area (Å²) in [5, 5.41) is 7.54. The average Bonchev–Trinajstić information content (AvgIpc) is 3.19. The molecule has 0 radical (unpaired) electrons. The highest BCUT2D eigenvalue weighted by Gasteiger charge is 2.14. The zero-order valence-corrected chi connectivity index (χ0v) is 17.2. The van der Waals surface area contributed by atoms with E-state index in [9.17, 15) is 13.2 Å². The molecule has 1 aromatic heterocycles. The Morgan fingerprint density at radius 3 is 2.45 bits per heavy atom. The number of carbonyl (C=O) groups is 1. The highest BCUT2D eigenvalue weighted by Crippen LogP contribution is 2.35. The van der Waals surface area contributed by atoms with Gasteiger partial charge in [0.1, 0.15) is 23.1 Å². The zero-order valence-electron chi connectivity index (χ0n) is 15.6. The lowest BCUT2D eigenvalue weighted by atomic mass is 10.2. The van der Waals surface area contributed by atoms with Gasteiger partial charge >= 0.3 is 5.97 Å². The van der Waals surface area contributed by atoms with Gasteiger partial charge in [0.2, 0.25) is 10.0 Å². The minimum absolute atomic E-state index is 0.0231. The number of carbonyl (C=O) groups excluding carboxylic acids is 1. The fraction of sp³-hybridized carbons (Fsp3) is 0.158. The highest BCUT2D eigenvalue weighted by atomic mass is 32.2. The van der Waals surface area contributed by atoms with Crippen LogP contribution in [0.3, 0.4) is 0 Å². The highest BCUT2D eigenvalue weighted by molar-refractivity contribution is 7.89. The quantitative estimate of drug-likeness (QED) is 0.568. The van der Waals surface area contributed by atoms with Crippen LogP contribution in [0.4, 0.5) is 0 Å². The summed E-state index contributed by atoms with van der Waals surface area (Å²) < 4.78 is 38.4. The van der Waals surface area contributed by atoms with Gasteiger partial charge in [-0.3, -0.25) is 0 Å². The topological polar surface area (TPSA) is 118 Å². The molecular weight excluding hydrogens is 416 g/mol. The molecular formula is C19H18N2O6S2. The second-order valence-electron chi connectivity index (χ2n) is 5.86. The summed E-state index contributed by atoms with van der Waals surface area (Å²) >= 11 is 1.39. The molecule has 10 heteroatoms. The first-order chi connectivity index (χ1) is 13.8. The van der Waals surface area contributed by atoms with Crippen LogP contribution in [0, 0.1) is 0 Å². The van der Waals surface area contributed by atoms with Gasteiger partial charge in [-0.05, 0) is 36.4 Å². The van der Waals surface area contributed by atoms with Crippen LogP contribution in [-0.2, 0) is 21.4 Å². The number of hydrogen-bond donors (Lipinski definition) is 1. The molecule has 29 heavy (non-hydrogen) atoms. The SMILES string of the molecule is COc1ccc(-c2nc(COC(=O)c3ccc(S(N)(=O)=O)cc3)cs2)c(OC)c1. The molecule has 1 heterocycles. The number of thiazole rings is 1. The lowest BCUT2D eigenvalue weighted by molar-refractivity contribution is 0.0468. The van der Waals surface area contributed by atoms with Crippen LogP contribution in [0.15, 0.2) is 52.7 Å². The standard InChI is InChI=1S/C19H18N2O6S2/c1-25-14-5-8-16(17(9-14)26-2)18-21-13(11-28-18)10-27-19(22)12-3-6-15(7-4-12)29(20,23)24/h3-9,11H,10H2,1-2H3,(H2,20,23,24). The van der Waals surface area contributed by atoms with Crippen LogP contribution >= 0.6 is 11.3 Å². The Morgan fingerprint density at radius 2 is 1.83 bits per heavy atom. The maximum atomic E-state index is 12.2. The summed E-state index contributed by atoms with van der Waals surface area (Å²) in [5.41, 5.74) is 1.59. The van der Waals surface area contributed by atoms with E-state index in [1.54, 1.807) is 25.7 Å². The molecule has 0 atom stereocenters. The zero-order chi connectivity index (χ0) is 21.0. The van der Waals surface area contributed by atoms with Crippen molar-refractivity contribution in [1.29, 1.82) is 0 Å². The smallest absolute Gasteiger partial charge is 0.338 e. The molecule has 0 aliphatic heterocycles. The number of nitrogens with two attached hydrogens (primary N) is 1. The minimum Gasteiger partial charge on any atom is -0.497 e. The van der Waals surface area contributed by atoms with Gasteiger partial charge in [-0.25, -0.2) is 23.3 Å². The first kappa shape index (κ1) is 20.8. The summed E-state index contributed by atoms with van der Waals surface area (Å²) in [4.78, 5) is 16.6. The van der Waals surface area contributed by atoms with Gasteiger partial charge in [-0.2, -0.15) is 0 Å². The van der Waals surface area contributed by atoms with Gasteiger partial charge in [-0.1, -0.05) is 0 Å². The van der Waals surface area contributed by atoms with Crippen molar-refractivity contribution < 1.29 is 27.4 Å². The van der Waals surface area contributed by atoms with E-state index in [1.165, 1.54) is 35.6 Å². The molecule has 0 saturated carbocycles. The number of hydrogen-bond acceptors (Lipinski definition) is 8. The molecule has 0 aliphatic rings. The van der Waals surface area contributed by atoms with Crippen molar-refractivity contribution in [3.05, 3.63) is 59.1 Å². The van der Waals surface area contributed by atoms with Crippen molar-refractivity contribution in [2.75, 3.05) is 14.2 Å². The first-order valence-electron chi connectivity index (χ1n) is 8.28. The maximum absolute atomic E-state index is 12.2. The molecule has 0 aliphatic carbocycles. The Hall–Kier alpha value is -2.95. The Labute approximate surface area is 171 Å². The first-order valence-corrected chi connectivity index (χ1v) is 10.7. The summed E-state index contributed by atoms with van der Waals surface area (Å²) in [7, 11) is -0.672. The summed E-state index contributed by atoms with van der Waals surface area (Å²) in [6.45, 7) is -0.0231. The van der Waals surface area contributed by atoms with Crippen molar-refractivity contribution in [2.45, 2.75) is 11.5 Å². The Kier molecular flexibility index (Phi) is 6.16. The molecule has 0 unspecified atom stereocenters. The monoisotopic (exact) mass is 434 g/mol. The Balaban J connectivity index is 1.69. The molecule has 0 amide bonds. The number of rotatable bonds is 7. The fourth-order valence-corrected chi connectivity index (χ4v) is 3.83. The predicted molar refractivity (Wildman–Crippen MR) is 108 cm³/mol. The lowest BCUT2D eigenvalue weighted by Gasteiger charge is -2.08. The van der Waals surface area contributed by atoms with Crippen LogP contribution in [0.25, 0.3) is 10.6 Å². The number of nitrogens with zero attached hydrogens (tertiary/aromatic N) is 1. The van der Waals surface area contributed by atoms with Crippen LogP contribution in [0.5, 0.6) is 11.5 Å². The molecule has 0 spiro atoms. The fourth-order valence-electron chi connectivity index (χ4n) is 2.48. The van der Waals surface area contributed by atoms with Crippen LogP contribution in [-0.4, -0.2) is 33.6 Å². The summed E-state index contributed by atoms with van der Waals surface area (Å²) in [5.74, 6) is 0.699. The second kappa shape index (κ2) is 8.60. The molecule has 0 bridgehead atoms. The number of esters is 1. The van der Waals surface area contributed by atoms with Gasteiger partial charge in [0.15, 0.2) is 0 Å². The van der Waals surface area contributed by atoms with E-state index in [1.807, 2.05) is 12.1 Å². The summed E-state index contributed by atoms with van der Waals surface area (Å²) in [6.07, 6.45) is 0. The van der Waals surface area contributed by atoms with Crippen molar-refractivity contribution in [2.24, 2.45) is 5.14 Å². The van der Waals surface area contributed by atoms with E-state index in [-0.39, 0.29) is 17.1 Å². The Morgan fingerprint density at radius 1 is 1.10 bits per heavy atom. The molecule has 3 aromatic rings. The molecule has 152 valence electrons. The van der Waals surface area contributed by atoms with E-state index in [2.05, 4.69) is 4.98 Å². The molecule has 3 rings (SSSR count). The van der Waals surface area contributed by atoms with E-state index in [0.29, 0.717) is 22.2 Å². The van der Waals surface area contributed by atoms with Gasteiger partial charge in [0.05, 0.1) is 35.9 Å². The van der Waals surface area contributed by atoms with Crippen molar-refractivity contribution in [3.8, 4) is 22.1 Å².